The number of hydrogen-bond acceptors (Lipinski definition) is 4. The van der Waals surface area contributed by atoms with Crippen molar-refractivity contribution < 1.29 is 4.92 Å². The molecule has 21 heavy (non-hydrogen) atoms. The minimum Gasteiger partial charge on any atom is -0.379 e. The maximum Gasteiger partial charge on any atom is 0.278 e. The molecule has 0 unspecified atom stereocenters. The molecule has 2 aromatic rings. The molecule has 0 aliphatic rings. The average molecular weight is 350 g/mol. The SMILES string of the molecule is Cc1cc(Br)ccc1NCc1ncc(C)c([N+](=O)[O-])c1C. The van der Waals surface area contributed by atoms with Gasteiger partial charge in [0.05, 0.1) is 22.7 Å². The van der Waals surface area contributed by atoms with Gasteiger partial charge in [-0.25, -0.2) is 0 Å². The molecule has 2 rings (SSSR count). The van der Waals surface area contributed by atoms with Crippen LogP contribution in [0, 0.1) is 30.9 Å². The topological polar surface area (TPSA) is 68.1 Å². The second-order valence-corrected chi connectivity index (χ2v) is 5.85. The Kier molecular flexibility index (Phi) is 4.57. The first-order valence-corrected chi connectivity index (χ1v) is 7.29. The molecule has 0 atom stereocenters. The van der Waals surface area contributed by atoms with E-state index in [-0.39, 0.29) is 10.6 Å². The number of anilines is 1. The molecule has 1 heterocycles. The molecule has 0 fully saturated rings. The van der Waals surface area contributed by atoms with Gasteiger partial charge in [0.2, 0.25) is 0 Å². The van der Waals surface area contributed by atoms with Crippen molar-refractivity contribution in [1.29, 1.82) is 0 Å². The van der Waals surface area contributed by atoms with Crippen molar-refractivity contribution in [1.82, 2.24) is 4.98 Å². The molecule has 110 valence electrons. The van der Waals surface area contributed by atoms with Crippen LogP contribution in [-0.2, 0) is 6.54 Å². The monoisotopic (exact) mass is 349 g/mol. The lowest BCUT2D eigenvalue weighted by molar-refractivity contribution is -0.386. The van der Waals surface area contributed by atoms with Crippen molar-refractivity contribution in [2.75, 3.05) is 5.32 Å². The Morgan fingerprint density at radius 3 is 2.62 bits per heavy atom. The fraction of sp³-hybridized carbons (Fsp3) is 0.267. The Morgan fingerprint density at radius 1 is 1.29 bits per heavy atom. The lowest BCUT2D eigenvalue weighted by Crippen LogP contribution is -2.07. The van der Waals surface area contributed by atoms with Gasteiger partial charge in [0.15, 0.2) is 0 Å². The zero-order chi connectivity index (χ0) is 15.6. The largest absolute Gasteiger partial charge is 0.379 e. The fourth-order valence-corrected chi connectivity index (χ4v) is 2.70. The third kappa shape index (κ3) is 3.39. The number of nitrogens with one attached hydrogen (secondary N) is 1. The molecule has 6 heteroatoms. The molecule has 1 aromatic heterocycles. The molecule has 0 aliphatic carbocycles. The molecule has 0 bridgehead atoms. The third-order valence-corrected chi connectivity index (χ3v) is 3.89. The van der Waals surface area contributed by atoms with Crippen LogP contribution in [0.4, 0.5) is 11.4 Å². The number of aryl methyl sites for hydroxylation is 2. The van der Waals surface area contributed by atoms with Crippen molar-refractivity contribution in [3.05, 3.63) is 61.4 Å². The lowest BCUT2D eigenvalue weighted by Gasteiger charge is -2.12. The number of aromatic nitrogens is 1. The molecule has 0 spiro atoms. The van der Waals surface area contributed by atoms with E-state index in [1.807, 2.05) is 25.1 Å². The van der Waals surface area contributed by atoms with Gasteiger partial charge in [0.25, 0.3) is 5.69 Å². The van der Waals surface area contributed by atoms with E-state index in [1.165, 1.54) is 0 Å². The van der Waals surface area contributed by atoms with E-state index in [0.29, 0.717) is 23.4 Å². The molecule has 1 N–H and O–H groups in total. The van der Waals surface area contributed by atoms with Crippen LogP contribution in [0.5, 0.6) is 0 Å². The highest BCUT2D eigenvalue weighted by Gasteiger charge is 2.18. The molecule has 0 radical (unpaired) electrons. The highest BCUT2D eigenvalue weighted by Crippen LogP contribution is 2.25. The Labute approximate surface area is 131 Å². The Balaban J connectivity index is 2.24. The van der Waals surface area contributed by atoms with E-state index in [9.17, 15) is 10.1 Å². The maximum absolute atomic E-state index is 11.1. The summed E-state index contributed by atoms with van der Waals surface area (Å²) >= 11 is 3.42. The van der Waals surface area contributed by atoms with Gasteiger partial charge in [0, 0.05) is 21.9 Å². The summed E-state index contributed by atoms with van der Waals surface area (Å²) in [5.41, 5.74) is 4.12. The molecule has 0 saturated heterocycles. The molecule has 0 saturated carbocycles. The summed E-state index contributed by atoms with van der Waals surface area (Å²) in [5.74, 6) is 0. The van der Waals surface area contributed by atoms with Crippen molar-refractivity contribution in [2.24, 2.45) is 0 Å². The van der Waals surface area contributed by atoms with Gasteiger partial charge in [-0.3, -0.25) is 15.1 Å². The van der Waals surface area contributed by atoms with Crippen molar-refractivity contribution >= 4 is 27.3 Å². The molecule has 0 amide bonds. The van der Waals surface area contributed by atoms with Crippen molar-refractivity contribution in [3.8, 4) is 0 Å². The van der Waals surface area contributed by atoms with E-state index in [0.717, 1.165) is 15.7 Å². The van der Waals surface area contributed by atoms with E-state index in [2.05, 4.69) is 26.2 Å². The standard InChI is InChI=1S/C15H16BrN3O2/c1-9-6-12(16)4-5-13(9)18-8-14-11(3)15(19(20)21)10(2)7-17-14/h4-7,18H,8H2,1-3H3. The second kappa shape index (κ2) is 6.22. The normalized spacial score (nSPS) is 10.5. The average Bonchev–Trinajstić information content (AvgIpc) is 2.39. The van der Waals surface area contributed by atoms with Crippen LogP contribution in [0.3, 0.4) is 0 Å². The summed E-state index contributed by atoms with van der Waals surface area (Å²) in [7, 11) is 0. The van der Waals surface area contributed by atoms with Gasteiger partial charge >= 0.3 is 0 Å². The zero-order valence-electron chi connectivity index (χ0n) is 12.1. The first-order valence-electron chi connectivity index (χ1n) is 6.49. The van der Waals surface area contributed by atoms with Crippen LogP contribution in [0.2, 0.25) is 0 Å². The predicted octanol–water partition coefficient (Wildman–Crippen LogP) is 4.29. The number of rotatable bonds is 4. The first-order chi connectivity index (χ1) is 9.90. The van der Waals surface area contributed by atoms with Crippen molar-refractivity contribution in [2.45, 2.75) is 27.3 Å². The van der Waals surface area contributed by atoms with Gasteiger partial charge < -0.3 is 5.32 Å². The van der Waals surface area contributed by atoms with Gasteiger partial charge in [-0.1, -0.05) is 15.9 Å². The third-order valence-electron chi connectivity index (χ3n) is 3.39. The summed E-state index contributed by atoms with van der Waals surface area (Å²) in [6.07, 6.45) is 1.55. The van der Waals surface area contributed by atoms with Crippen molar-refractivity contribution in [3.63, 3.8) is 0 Å². The lowest BCUT2D eigenvalue weighted by atomic mass is 10.1. The molecular weight excluding hydrogens is 334 g/mol. The quantitative estimate of drug-likeness (QED) is 0.660. The van der Waals surface area contributed by atoms with E-state index in [1.54, 1.807) is 20.0 Å². The zero-order valence-corrected chi connectivity index (χ0v) is 13.7. The maximum atomic E-state index is 11.1. The number of pyridine rings is 1. The summed E-state index contributed by atoms with van der Waals surface area (Å²) in [6.45, 7) is 5.90. The number of benzene rings is 1. The Hall–Kier alpha value is -1.95. The van der Waals surface area contributed by atoms with Gasteiger partial charge in [-0.15, -0.1) is 0 Å². The van der Waals surface area contributed by atoms with E-state index >= 15 is 0 Å². The minimum atomic E-state index is -0.347. The van der Waals surface area contributed by atoms with Crippen LogP contribution < -0.4 is 5.32 Å². The highest BCUT2D eigenvalue weighted by molar-refractivity contribution is 9.10. The molecule has 0 aliphatic heterocycles. The number of halogens is 1. The smallest absolute Gasteiger partial charge is 0.278 e. The minimum absolute atomic E-state index is 0.148. The van der Waals surface area contributed by atoms with Crippen LogP contribution in [0.1, 0.15) is 22.4 Å². The van der Waals surface area contributed by atoms with E-state index < -0.39 is 0 Å². The first kappa shape index (κ1) is 15.4. The Morgan fingerprint density at radius 2 is 2.00 bits per heavy atom. The number of hydrogen-bond donors (Lipinski definition) is 1. The van der Waals surface area contributed by atoms with Gasteiger partial charge in [-0.05, 0) is 44.5 Å². The predicted molar refractivity (Wildman–Crippen MR) is 86.6 cm³/mol. The highest BCUT2D eigenvalue weighted by atomic mass is 79.9. The second-order valence-electron chi connectivity index (χ2n) is 4.93. The Bertz CT molecular complexity index is 702. The molecule has 1 aromatic carbocycles. The summed E-state index contributed by atoms with van der Waals surface area (Å²) in [6, 6.07) is 5.94. The molecular formula is C15H16BrN3O2. The van der Waals surface area contributed by atoms with Crippen LogP contribution >= 0.6 is 15.9 Å². The van der Waals surface area contributed by atoms with Crippen LogP contribution in [-0.4, -0.2) is 9.91 Å². The summed E-state index contributed by atoms with van der Waals surface area (Å²) in [4.78, 5) is 15.1. The van der Waals surface area contributed by atoms with Gasteiger partial charge in [0.1, 0.15) is 0 Å². The summed E-state index contributed by atoms with van der Waals surface area (Å²) < 4.78 is 1.02. The molecule has 5 nitrogen and oxygen atoms in total. The fourth-order valence-electron chi connectivity index (χ4n) is 2.23. The van der Waals surface area contributed by atoms with E-state index in [4.69, 9.17) is 0 Å². The van der Waals surface area contributed by atoms with Gasteiger partial charge in [-0.2, -0.15) is 0 Å². The number of nitro groups is 1. The number of nitrogens with zero attached hydrogens (tertiary/aromatic N) is 2. The van der Waals surface area contributed by atoms with Crippen LogP contribution in [0.15, 0.2) is 28.9 Å². The van der Waals surface area contributed by atoms with Crippen LogP contribution in [0.25, 0.3) is 0 Å². The summed E-state index contributed by atoms with van der Waals surface area (Å²) in [5, 5.41) is 14.4.